The van der Waals surface area contributed by atoms with Crippen molar-refractivity contribution in [1.82, 2.24) is 19.5 Å². The van der Waals surface area contributed by atoms with Gasteiger partial charge in [0.05, 0.1) is 12.8 Å². The maximum atomic E-state index is 6.09. The Labute approximate surface area is 159 Å². The molecule has 27 heavy (non-hydrogen) atoms. The minimum atomic E-state index is 0.570. The van der Waals surface area contributed by atoms with E-state index in [0.717, 1.165) is 54.5 Å². The fourth-order valence-electron chi connectivity index (χ4n) is 4.26. The van der Waals surface area contributed by atoms with Crippen molar-refractivity contribution in [2.45, 2.75) is 32.2 Å². The summed E-state index contributed by atoms with van der Waals surface area (Å²) in [5, 5.41) is 8.03. The van der Waals surface area contributed by atoms with Crippen molar-refractivity contribution in [3.8, 4) is 16.9 Å². The van der Waals surface area contributed by atoms with E-state index in [0.29, 0.717) is 6.04 Å². The Balaban J connectivity index is 1.57. The molecule has 0 aliphatic carbocycles. The molecule has 0 radical (unpaired) electrons. The van der Waals surface area contributed by atoms with Crippen molar-refractivity contribution in [3.63, 3.8) is 0 Å². The Bertz CT molecular complexity index is 966. The van der Waals surface area contributed by atoms with Gasteiger partial charge >= 0.3 is 0 Å². The number of nitrogens with zero attached hydrogens (tertiary/aromatic N) is 4. The number of rotatable bonds is 0. The molecule has 0 unspecified atom stereocenters. The lowest BCUT2D eigenvalue weighted by Crippen LogP contribution is -2.36. The number of aryl methyl sites for hydroxylation is 1. The van der Waals surface area contributed by atoms with E-state index in [1.807, 2.05) is 23.0 Å². The van der Waals surface area contributed by atoms with Crippen LogP contribution in [0.4, 0.5) is 5.82 Å². The molecule has 1 saturated heterocycles. The summed E-state index contributed by atoms with van der Waals surface area (Å²) in [5.74, 6) is 1.83. The van der Waals surface area contributed by atoms with Gasteiger partial charge in [-0.15, -0.1) is 0 Å². The predicted octanol–water partition coefficient (Wildman–Crippen LogP) is 3.36. The number of hydrogen-bond acceptors (Lipinski definition) is 5. The zero-order chi connectivity index (χ0) is 18.2. The van der Waals surface area contributed by atoms with Crippen molar-refractivity contribution >= 4 is 11.5 Å². The first-order valence-electron chi connectivity index (χ1n) is 9.83. The Morgan fingerprint density at radius 2 is 2.11 bits per heavy atom. The lowest BCUT2D eigenvalue weighted by atomic mass is 10.1. The molecule has 0 saturated carbocycles. The van der Waals surface area contributed by atoms with Crippen LogP contribution >= 0.6 is 0 Å². The first-order valence-corrected chi connectivity index (χ1v) is 9.83. The molecule has 2 aliphatic heterocycles. The molecule has 2 aliphatic rings. The minimum absolute atomic E-state index is 0.570. The van der Waals surface area contributed by atoms with Crippen molar-refractivity contribution in [1.29, 1.82) is 0 Å². The second-order valence-corrected chi connectivity index (χ2v) is 7.59. The molecule has 1 aromatic carbocycles. The van der Waals surface area contributed by atoms with Crippen LogP contribution < -0.4 is 10.1 Å². The summed E-state index contributed by atoms with van der Waals surface area (Å²) in [4.78, 5) is 7.44. The molecular formula is C21H25N5O. The summed E-state index contributed by atoms with van der Waals surface area (Å²) in [7, 11) is 0. The average Bonchev–Trinajstić information content (AvgIpc) is 3.28. The first kappa shape index (κ1) is 16.6. The molecule has 3 aromatic rings. The van der Waals surface area contributed by atoms with Crippen molar-refractivity contribution < 1.29 is 4.74 Å². The van der Waals surface area contributed by atoms with E-state index in [2.05, 4.69) is 40.4 Å². The Morgan fingerprint density at radius 1 is 1.19 bits per heavy atom. The summed E-state index contributed by atoms with van der Waals surface area (Å²) >= 11 is 0. The smallest absolute Gasteiger partial charge is 0.165 e. The highest BCUT2D eigenvalue weighted by molar-refractivity contribution is 5.78. The van der Waals surface area contributed by atoms with E-state index < -0.39 is 0 Å². The molecular weight excluding hydrogens is 338 g/mol. The molecule has 6 heteroatoms. The van der Waals surface area contributed by atoms with Gasteiger partial charge in [0.2, 0.25) is 0 Å². The van der Waals surface area contributed by atoms with Crippen LogP contribution in [0, 0.1) is 6.92 Å². The number of anilines is 1. The molecule has 4 bridgehead atoms. The van der Waals surface area contributed by atoms with E-state index in [4.69, 9.17) is 9.72 Å². The number of aromatic nitrogens is 3. The SMILES string of the molecule is Cc1cc2cc(c1)-c1cnn3ccc(nc13)NC[C@H]1CCCN1CCCO2. The maximum absolute atomic E-state index is 6.09. The van der Waals surface area contributed by atoms with E-state index in [1.165, 1.54) is 24.9 Å². The van der Waals surface area contributed by atoms with E-state index in [-0.39, 0.29) is 0 Å². The van der Waals surface area contributed by atoms with Crippen molar-refractivity contribution in [2.24, 2.45) is 0 Å². The van der Waals surface area contributed by atoms with Gasteiger partial charge in [-0.05, 0) is 62.1 Å². The van der Waals surface area contributed by atoms with Gasteiger partial charge in [0.15, 0.2) is 5.65 Å². The summed E-state index contributed by atoms with van der Waals surface area (Å²) in [6, 6.07) is 8.95. The second-order valence-electron chi connectivity index (χ2n) is 7.59. The Hall–Kier alpha value is -2.60. The van der Waals surface area contributed by atoms with Gasteiger partial charge in [-0.25, -0.2) is 9.50 Å². The predicted molar refractivity (Wildman–Crippen MR) is 106 cm³/mol. The number of ether oxygens (including phenoxy) is 1. The zero-order valence-electron chi connectivity index (χ0n) is 15.7. The van der Waals surface area contributed by atoms with E-state index >= 15 is 0 Å². The number of nitrogens with one attached hydrogen (secondary N) is 1. The monoisotopic (exact) mass is 363 g/mol. The van der Waals surface area contributed by atoms with Crippen LogP contribution in [0.5, 0.6) is 5.75 Å². The van der Waals surface area contributed by atoms with Gasteiger partial charge in [-0.1, -0.05) is 6.07 Å². The summed E-state index contributed by atoms with van der Waals surface area (Å²) in [5.41, 5.74) is 4.18. The molecule has 1 fully saturated rings. The first-order chi connectivity index (χ1) is 13.3. The van der Waals surface area contributed by atoms with Crippen LogP contribution in [0.3, 0.4) is 0 Å². The minimum Gasteiger partial charge on any atom is -0.494 e. The van der Waals surface area contributed by atoms with Crippen LogP contribution in [-0.2, 0) is 0 Å². The van der Waals surface area contributed by atoms with Crippen LogP contribution in [-0.4, -0.2) is 51.8 Å². The summed E-state index contributed by atoms with van der Waals surface area (Å²) in [6.45, 7) is 6.05. The highest BCUT2D eigenvalue weighted by Gasteiger charge is 2.24. The van der Waals surface area contributed by atoms with Gasteiger partial charge in [-0.2, -0.15) is 5.10 Å². The van der Waals surface area contributed by atoms with Gasteiger partial charge in [-0.3, -0.25) is 4.90 Å². The number of hydrogen-bond donors (Lipinski definition) is 1. The molecule has 5 rings (SSSR count). The number of fused-ring (bicyclic) bond motifs is 5. The Morgan fingerprint density at radius 3 is 3.07 bits per heavy atom. The van der Waals surface area contributed by atoms with Gasteiger partial charge in [0, 0.05) is 30.9 Å². The quantitative estimate of drug-likeness (QED) is 0.664. The highest BCUT2D eigenvalue weighted by atomic mass is 16.5. The lowest BCUT2D eigenvalue weighted by Gasteiger charge is -2.24. The molecule has 2 aromatic heterocycles. The van der Waals surface area contributed by atoms with Gasteiger partial charge in [0.25, 0.3) is 0 Å². The third-order valence-corrected chi connectivity index (χ3v) is 5.61. The van der Waals surface area contributed by atoms with Gasteiger partial charge in [0.1, 0.15) is 11.6 Å². The molecule has 0 spiro atoms. The topological polar surface area (TPSA) is 54.7 Å². The van der Waals surface area contributed by atoms with Gasteiger partial charge < -0.3 is 10.1 Å². The summed E-state index contributed by atoms with van der Waals surface area (Å²) in [6.07, 6.45) is 7.43. The molecule has 6 nitrogen and oxygen atoms in total. The number of benzene rings is 1. The third kappa shape index (κ3) is 3.25. The molecule has 1 atom stereocenters. The molecule has 1 N–H and O–H groups in total. The molecule has 0 amide bonds. The second kappa shape index (κ2) is 6.85. The van der Waals surface area contributed by atoms with Crippen LogP contribution in [0.25, 0.3) is 16.8 Å². The molecule has 4 heterocycles. The van der Waals surface area contributed by atoms with E-state index in [1.54, 1.807) is 0 Å². The largest absolute Gasteiger partial charge is 0.494 e. The lowest BCUT2D eigenvalue weighted by molar-refractivity contribution is 0.226. The van der Waals surface area contributed by atoms with Crippen LogP contribution in [0.2, 0.25) is 0 Å². The zero-order valence-corrected chi connectivity index (χ0v) is 15.7. The third-order valence-electron chi connectivity index (χ3n) is 5.61. The van der Waals surface area contributed by atoms with E-state index in [9.17, 15) is 0 Å². The van der Waals surface area contributed by atoms with Crippen LogP contribution in [0.1, 0.15) is 24.8 Å². The highest BCUT2D eigenvalue weighted by Crippen LogP contribution is 2.29. The standard InChI is InChI=1S/C21H25N5O/c1-15-10-16-12-18(11-15)27-9-3-7-25-6-2-4-17(25)13-22-20-5-8-26-21(24-20)19(16)14-23-26/h5,8,10-12,14,17H,2-4,6-7,9,13H2,1H3,(H,22,24)/t17-/m1/s1. The van der Waals surface area contributed by atoms with Crippen molar-refractivity contribution in [2.75, 3.05) is 31.6 Å². The van der Waals surface area contributed by atoms with Crippen molar-refractivity contribution in [3.05, 3.63) is 42.2 Å². The molecule has 140 valence electrons. The fraction of sp³-hybridized carbons (Fsp3) is 0.429. The fourth-order valence-corrected chi connectivity index (χ4v) is 4.26. The average molecular weight is 363 g/mol. The Kier molecular flexibility index (Phi) is 4.20. The maximum Gasteiger partial charge on any atom is 0.165 e. The normalized spacial score (nSPS) is 20.6. The summed E-state index contributed by atoms with van der Waals surface area (Å²) < 4.78 is 7.93. The van der Waals surface area contributed by atoms with Crippen LogP contribution in [0.15, 0.2) is 36.7 Å².